The highest BCUT2D eigenvalue weighted by molar-refractivity contribution is 6.16. The fraction of sp³-hybridized carbons (Fsp3) is 0.179. The van der Waals surface area contributed by atoms with Crippen LogP contribution < -0.4 is 15.4 Å². The minimum Gasteiger partial charge on any atom is -0.457 e. The van der Waals surface area contributed by atoms with E-state index in [-0.39, 0.29) is 13.2 Å². The Morgan fingerprint density at radius 3 is 2.22 bits per heavy atom. The molecule has 2 amide bonds. The van der Waals surface area contributed by atoms with Crippen LogP contribution in [0.1, 0.15) is 24.0 Å². The number of nitrogens with one attached hydrogen (secondary N) is 2. The molecular formula is C28H24FN3O5. The molecule has 4 aromatic rings. The van der Waals surface area contributed by atoms with E-state index in [0.29, 0.717) is 57.7 Å². The lowest BCUT2D eigenvalue weighted by molar-refractivity contribution is -0.131. The van der Waals surface area contributed by atoms with Crippen molar-refractivity contribution < 1.29 is 28.9 Å². The Kier molecular flexibility index (Phi) is 6.56. The summed E-state index contributed by atoms with van der Waals surface area (Å²) in [6.45, 7) is -0.435. The van der Waals surface area contributed by atoms with Gasteiger partial charge < -0.3 is 25.6 Å². The van der Waals surface area contributed by atoms with Crippen LogP contribution in [0, 0.1) is 11.2 Å². The van der Waals surface area contributed by atoms with Crippen LogP contribution in [-0.4, -0.2) is 27.0 Å². The average Bonchev–Trinajstić information content (AvgIpc) is 3.72. The maximum absolute atomic E-state index is 13.4. The summed E-state index contributed by atoms with van der Waals surface area (Å²) < 4.78 is 19.5. The minimum atomic E-state index is -1.19. The molecule has 5 rings (SSSR count). The third-order valence-corrected chi connectivity index (χ3v) is 6.41. The Hall–Kier alpha value is -4.34. The quantitative estimate of drug-likeness (QED) is 0.264. The first-order valence-corrected chi connectivity index (χ1v) is 11.7. The van der Waals surface area contributed by atoms with Gasteiger partial charge in [-0.25, -0.2) is 4.39 Å². The van der Waals surface area contributed by atoms with Crippen LogP contribution in [0.3, 0.4) is 0 Å². The number of anilines is 2. The van der Waals surface area contributed by atoms with Crippen LogP contribution in [0.4, 0.5) is 15.8 Å². The van der Waals surface area contributed by atoms with Gasteiger partial charge in [-0.1, -0.05) is 6.07 Å². The first-order valence-electron chi connectivity index (χ1n) is 11.7. The predicted octanol–water partition coefficient (Wildman–Crippen LogP) is 4.51. The number of fused-ring (bicyclic) bond motifs is 1. The van der Waals surface area contributed by atoms with Crippen molar-refractivity contribution in [1.82, 2.24) is 4.98 Å². The van der Waals surface area contributed by atoms with E-state index in [1.54, 1.807) is 54.7 Å². The van der Waals surface area contributed by atoms with E-state index in [0.717, 1.165) is 0 Å². The van der Waals surface area contributed by atoms with Gasteiger partial charge in [0.15, 0.2) is 0 Å². The molecule has 1 aromatic heterocycles. The van der Waals surface area contributed by atoms with E-state index >= 15 is 0 Å². The number of pyridine rings is 1. The predicted molar refractivity (Wildman–Crippen MR) is 135 cm³/mol. The zero-order valence-electron chi connectivity index (χ0n) is 19.7. The van der Waals surface area contributed by atoms with Gasteiger partial charge in [0.25, 0.3) is 0 Å². The highest BCUT2D eigenvalue weighted by Gasteiger charge is 2.56. The van der Waals surface area contributed by atoms with E-state index in [2.05, 4.69) is 15.6 Å². The zero-order valence-corrected chi connectivity index (χ0v) is 19.7. The molecule has 0 saturated heterocycles. The molecule has 0 bridgehead atoms. The Balaban J connectivity index is 1.27. The average molecular weight is 502 g/mol. The van der Waals surface area contributed by atoms with Gasteiger partial charge in [0, 0.05) is 23.0 Å². The number of hydrogen-bond donors (Lipinski definition) is 4. The smallest absolute Gasteiger partial charge is 0.240 e. The molecule has 1 saturated carbocycles. The van der Waals surface area contributed by atoms with E-state index in [1.165, 1.54) is 18.2 Å². The molecule has 1 aliphatic carbocycles. The van der Waals surface area contributed by atoms with Crippen molar-refractivity contribution >= 4 is 34.1 Å². The van der Waals surface area contributed by atoms with Crippen LogP contribution in [-0.2, 0) is 22.8 Å². The van der Waals surface area contributed by atoms with Crippen LogP contribution in [0.2, 0.25) is 0 Å². The van der Waals surface area contributed by atoms with E-state index in [4.69, 9.17) is 4.74 Å². The summed E-state index contributed by atoms with van der Waals surface area (Å²) in [5, 5.41) is 25.2. The number of rotatable bonds is 8. The van der Waals surface area contributed by atoms with Gasteiger partial charge in [-0.15, -0.1) is 0 Å². The molecule has 0 unspecified atom stereocenters. The number of carbonyl (C=O) groups excluding carboxylic acids is 2. The molecule has 9 heteroatoms. The summed E-state index contributed by atoms with van der Waals surface area (Å²) in [5.41, 5.74) is 1.41. The van der Waals surface area contributed by atoms with Crippen molar-refractivity contribution in [3.8, 4) is 11.5 Å². The lowest BCUT2D eigenvalue weighted by Crippen LogP contribution is -2.35. The highest BCUT2D eigenvalue weighted by Crippen LogP contribution is 2.47. The summed E-state index contributed by atoms with van der Waals surface area (Å²) in [6, 6.07) is 17.4. The summed E-state index contributed by atoms with van der Waals surface area (Å²) in [7, 11) is 0. The first kappa shape index (κ1) is 24.4. The zero-order chi connectivity index (χ0) is 26.0. The summed E-state index contributed by atoms with van der Waals surface area (Å²) in [4.78, 5) is 30.0. The third kappa shape index (κ3) is 5.00. The monoisotopic (exact) mass is 501 g/mol. The largest absolute Gasteiger partial charge is 0.457 e. The SMILES string of the molecule is O=C(Nc1ccc(Oc2ccnc3cc(CO)c(CO)cc23)cc1)C1(C(=O)Nc2cccc(F)c2)CC1. The number of aromatic nitrogens is 1. The van der Waals surface area contributed by atoms with Gasteiger partial charge >= 0.3 is 0 Å². The molecule has 8 nitrogen and oxygen atoms in total. The van der Waals surface area contributed by atoms with Crippen molar-refractivity contribution in [3.63, 3.8) is 0 Å². The molecule has 188 valence electrons. The van der Waals surface area contributed by atoms with Crippen molar-refractivity contribution in [3.05, 3.63) is 89.9 Å². The topological polar surface area (TPSA) is 121 Å². The maximum atomic E-state index is 13.4. The molecule has 3 aromatic carbocycles. The second-order valence-electron chi connectivity index (χ2n) is 8.89. The molecule has 0 atom stereocenters. The Labute approximate surface area is 211 Å². The Bertz CT molecular complexity index is 1490. The minimum absolute atomic E-state index is 0.209. The lowest BCUT2D eigenvalue weighted by Gasteiger charge is -2.16. The van der Waals surface area contributed by atoms with Crippen LogP contribution in [0.5, 0.6) is 11.5 Å². The Morgan fingerprint density at radius 2 is 1.57 bits per heavy atom. The van der Waals surface area contributed by atoms with Crippen molar-refractivity contribution in [2.45, 2.75) is 26.1 Å². The van der Waals surface area contributed by atoms with Crippen molar-refractivity contribution in [2.75, 3.05) is 10.6 Å². The fourth-order valence-corrected chi connectivity index (χ4v) is 4.12. The van der Waals surface area contributed by atoms with Gasteiger partial charge in [-0.3, -0.25) is 14.6 Å². The highest BCUT2D eigenvalue weighted by atomic mass is 19.1. The summed E-state index contributed by atoms with van der Waals surface area (Å²) >= 11 is 0. The second kappa shape index (κ2) is 9.96. The van der Waals surface area contributed by atoms with Gasteiger partial charge in [0.1, 0.15) is 22.7 Å². The number of halogens is 1. The molecule has 1 heterocycles. The standard InChI is InChI=1S/C28H24FN3O5/c29-19-2-1-3-21(14-19)32-27(36)28(9-10-28)26(35)31-20-4-6-22(7-5-20)37-25-8-11-30-24-13-18(16-34)17(15-33)12-23(24)25/h1-8,11-14,33-34H,9-10,15-16H2,(H,31,35)(H,32,36). The first-order chi connectivity index (χ1) is 17.9. The lowest BCUT2D eigenvalue weighted by atomic mass is 10.0. The Morgan fingerprint density at radius 1 is 0.892 bits per heavy atom. The number of amides is 2. The summed E-state index contributed by atoms with van der Waals surface area (Å²) in [5.74, 6) is -0.338. The summed E-state index contributed by atoms with van der Waals surface area (Å²) in [6.07, 6.45) is 2.41. The van der Waals surface area contributed by atoms with Crippen molar-refractivity contribution in [2.24, 2.45) is 5.41 Å². The fourth-order valence-electron chi connectivity index (χ4n) is 4.12. The third-order valence-electron chi connectivity index (χ3n) is 6.41. The van der Waals surface area contributed by atoms with Gasteiger partial charge in [-0.2, -0.15) is 0 Å². The van der Waals surface area contributed by atoms with Crippen LogP contribution >= 0.6 is 0 Å². The normalized spacial score (nSPS) is 13.7. The molecule has 0 spiro atoms. The molecule has 0 radical (unpaired) electrons. The van der Waals surface area contributed by atoms with Crippen LogP contribution in [0.15, 0.2) is 72.9 Å². The molecule has 37 heavy (non-hydrogen) atoms. The number of carbonyl (C=O) groups is 2. The number of ether oxygens (including phenoxy) is 1. The van der Waals surface area contributed by atoms with Gasteiger partial charge in [0.2, 0.25) is 11.8 Å². The van der Waals surface area contributed by atoms with E-state index in [9.17, 15) is 24.2 Å². The van der Waals surface area contributed by atoms with Crippen molar-refractivity contribution in [1.29, 1.82) is 0 Å². The molecular weight excluding hydrogens is 477 g/mol. The van der Waals surface area contributed by atoms with Gasteiger partial charge in [-0.05, 0) is 84.6 Å². The van der Waals surface area contributed by atoms with E-state index in [1.807, 2.05) is 0 Å². The number of aliphatic hydroxyl groups excluding tert-OH is 2. The second-order valence-corrected chi connectivity index (χ2v) is 8.89. The molecule has 1 aliphatic rings. The van der Waals surface area contributed by atoms with Crippen LogP contribution in [0.25, 0.3) is 10.9 Å². The maximum Gasteiger partial charge on any atom is 0.240 e. The number of nitrogens with zero attached hydrogens (tertiary/aromatic N) is 1. The number of aliphatic hydroxyl groups is 2. The molecule has 0 aliphatic heterocycles. The molecule has 4 N–H and O–H groups in total. The van der Waals surface area contributed by atoms with Gasteiger partial charge in [0.05, 0.1) is 18.7 Å². The number of hydrogen-bond acceptors (Lipinski definition) is 6. The number of benzene rings is 3. The molecule has 1 fully saturated rings. The van der Waals surface area contributed by atoms with E-state index < -0.39 is 23.0 Å².